The van der Waals surface area contributed by atoms with E-state index in [0.717, 1.165) is 12.1 Å². The van der Waals surface area contributed by atoms with Crippen LogP contribution in [-0.4, -0.2) is 21.1 Å². The Hall–Kier alpha value is -2.08. The zero-order valence-electron chi connectivity index (χ0n) is 7.75. The maximum absolute atomic E-state index is 10.7. The maximum Gasteiger partial charge on any atom is 0.339 e. The minimum atomic E-state index is -1.37. The lowest BCUT2D eigenvalue weighted by atomic mass is 10.1. The Kier molecular flexibility index (Phi) is 3.47. The van der Waals surface area contributed by atoms with Crippen molar-refractivity contribution in [3.05, 3.63) is 44.6 Å². The number of phenols is 1. The van der Waals surface area contributed by atoms with Gasteiger partial charge in [0.25, 0.3) is 0 Å². The molecule has 7 heteroatoms. The van der Waals surface area contributed by atoms with Gasteiger partial charge in [-0.05, 0) is 12.1 Å². The molecule has 0 unspecified atom stereocenters. The lowest BCUT2D eigenvalue weighted by Crippen LogP contribution is -1.98. The van der Waals surface area contributed by atoms with Crippen LogP contribution in [0.1, 0.15) is 15.9 Å². The van der Waals surface area contributed by atoms with Crippen LogP contribution in [0.4, 0.5) is 0 Å². The SMILES string of the molecule is O=C(O)c1cc(Cl)cc(/C=C/[N+](=O)[O-])c1O. The summed E-state index contributed by atoms with van der Waals surface area (Å²) in [6.45, 7) is 0. The molecule has 0 atom stereocenters. The van der Waals surface area contributed by atoms with Gasteiger partial charge in [0.2, 0.25) is 6.20 Å². The molecular weight excluding hydrogens is 238 g/mol. The third kappa shape index (κ3) is 2.71. The molecule has 0 saturated heterocycles. The normalized spacial score (nSPS) is 10.6. The van der Waals surface area contributed by atoms with Crippen molar-refractivity contribution in [3.63, 3.8) is 0 Å². The van der Waals surface area contributed by atoms with Crippen LogP contribution in [-0.2, 0) is 0 Å². The van der Waals surface area contributed by atoms with Gasteiger partial charge in [-0.1, -0.05) is 11.6 Å². The summed E-state index contributed by atoms with van der Waals surface area (Å²) in [7, 11) is 0. The molecule has 1 aromatic rings. The predicted octanol–water partition coefficient (Wildman–Crippen LogP) is 1.99. The molecule has 0 aliphatic rings. The molecule has 2 N–H and O–H groups in total. The first-order valence-corrected chi connectivity index (χ1v) is 4.37. The minimum absolute atomic E-state index is 0.0263. The molecule has 0 heterocycles. The van der Waals surface area contributed by atoms with E-state index in [2.05, 4.69) is 0 Å². The zero-order chi connectivity index (χ0) is 12.3. The van der Waals surface area contributed by atoms with E-state index in [4.69, 9.17) is 16.7 Å². The Morgan fingerprint density at radius 1 is 1.50 bits per heavy atom. The standard InChI is InChI=1S/C9H6ClNO5/c10-6-3-5(1-2-11(15)16)8(12)7(4-6)9(13)14/h1-4,12H,(H,13,14)/b2-1+. The Balaban J connectivity index is 3.29. The van der Waals surface area contributed by atoms with Gasteiger partial charge in [-0.2, -0.15) is 0 Å². The van der Waals surface area contributed by atoms with Crippen LogP contribution in [0.2, 0.25) is 5.02 Å². The van der Waals surface area contributed by atoms with Crippen LogP contribution in [0.15, 0.2) is 18.3 Å². The quantitative estimate of drug-likeness (QED) is 0.624. The lowest BCUT2D eigenvalue weighted by Gasteiger charge is -2.03. The highest BCUT2D eigenvalue weighted by Crippen LogP contribution is 2.28. The Morgan fingerprint density at radius 2 is 2.12 bits per heavy atom. The van der Waals surface area contributed by atoms with Gasteiger partial charge in [-0.25, -0.2) is 4.79 Å². The number of hydrogen-bond acceptors (Lipinski definition) is 4. The number of aromatic hydroxyl groups is 1. The molecule has 0 bridgehead atoms. The molecule has 0 aromatic heterocycles. The molecule has 0 saturated carbocycles. The summed E-state index contributed by atoms with van der Waals surface area (Å²) >= 11 is 5.60. The van der Waals surface area contributed by atoms with E-state index < -0.39 is 22.2 Å². The van der Waals surface area contributed by atoms with Gasteiger partial charge in [0.1, 0.15) is 11.3 Å². The van der Waals surface area contributed by atoms with Gasteiger partial charge < -0.3 is 10.2 Å². The fraction of sp³-hybridized carbons (Fsp3) is 0. The number of nitro groups is 1. The molecule has 84 valence electrons. The number of nitrogens with zero attached hydrogens (tertiary/aromatic N) is 1. The van der Waals surface area contributed by atoms with Crippen molar-refractivity contribution in [1.29, 1.82) is 0 Å². The second-order valence-corrected chi connectivity index (χ2v) is 3.23. The van der Waals surface area contributed by atoms with Crippen molar-refractivity contribution < 1.29 is 19.9 Å². The number of carboxylic acids is 1. The summed E-state index contributed by atoms with van der Waals surface area (Å²) < 4.78 is 0. The molecule has 0 radical (unpaired) electrons. The summed E-state index contributed by atoms with van der Waals surface area (Å²) in [6, 6.07) is 2.28. The number of hydrogen-bond donors (Lipinski definition) is 2. The van der Waals surface area contributed by atoms with Crippen molar-refractivity contribution in [2.24, 2.45) is 0 Å². The lowest BCUT2D eigenvalue weighted by molar-refractivity contribution is -0.400. The average Bonchev–Trinajstić information content (AvgIpc) is 2.18. The summed E-state index contributed by atoms with van der Waals surface area (Å²) in [5.41, 5.74) is -0.433. The van der Waals surface area contributed by atoms with Gasteiger partial charge in [0.15, 0.2) is 0 Å². The van der Waals surface area contributed by atoms with Gasteiger partial charge in [-0.3, -0.25) is 10.1 Å². The minimum Gasteiger partial charge on any atom is -0.506 e. The molecular formula is C9H6ClNO5. The van der Waals surface area contributed by atoms with Crippen molar-refractivity contribution in [2.75, 3.05) is 0 Å². The van der Waals surface area contributed by atoms with Crippen LogP contribution in [0, 0.1) is 10.1 Å². The van der Waals surface area contributed by atoms with Crippen LogP contribution < -0.4 is 0 Å². The molecule has 1 rings (SSSR count). The topological polar surface area (TPSA) is 101 Å². The number of carboxylic acid groups (broad SMARTS) is 1. The van der Waals surface area contributed by atoms with E-state index in [1.807, 2.05) is 0 Å². The average molecular weight is 244 g/mol. The van der Waals surface area contributed by atoms with Crippen molar-refractivity contribution in [2.45, 2.75) is 0 Å². The first kappa shape index (κ1) is 12.0. The highest BCUT2D eigenvalue weighted by atomic mass is 35.5. The number of rotatable bonds is 3. The van der Waals surface area contributed by atoms with Gasteiger partial charge in [-0.15, -0.1) is 0 Å². The van der Waals surface area contributed by atoms with Gasteiger partial charge in [0, 0.05) is 16.7 Å². The Labute approximate surface area is 94.5 Å². The third-order valence-electron chi connectivity index (χ3n) is 1.71. The smallest absolute Gasteiger partial charge is 0.339 e. The van der Waals surface area contributed by atoms with Crippen LogP contribution in [0.25, 0.3) is 6.08 Å². The molecule has 0 fully saturated rings. The molecule has 0 aliphatic heterocycles. The van der Waals surface area contributed by atoms with Gasteiger partial charge in [0.05, 0.1) is 4.92 Å². The number of benzene rings is 1. The fourth-order valence-corrected chi connectivity index (χ4v) is 1.28. The van der Waals surface area contributed by atoms with E-state index in [1.54, 1.807) is 0 Å². The number of aromatic carboxylic acids is 1. The molecule has 1 aromatic carbocycles. The van der Waals surface area contributed by atoms with E-state index in [9.17, 15) is 20.0 Å². The summed E-state index contributed by atoms with van der Waals surface area (Å²) in [4.78, 5) is 20.0. The first-order chi connectivity index (χ1) is 7.41. The first-order valence-electron chi connectivity index (χ1n) is 3.99. The molecule has 6 nitrogen and oxygen atoms in total. The second kappa shape index (κ2) is 4.63. The molecule has 0 aliphatic carbocycles. The van der Waals surface area contributed by atoms with Crippen LogP contribution in [0.3, 0.4) is 0 Å². The highest BCUT2D eigenvalue weighted by molar-refractivity contribution is 6.31. The monoisotopic (exact) mass is 243 g/mol. The van der Waals surface area contributed by atoms with Crippen LogP contribution >= 0.6 is 11.6 Å². The van der Waals surface area contributed by atoms with Crippen LogP contribution in [0.5, 0.6) is 5.75 Å². The Morgan fingerprint density at radius 3 is 2.62 bits per heavy atom. The largest absolute Gasteiger partial charge is 0.506 e. The summed E-state index contributed by atoms with van der Waals surface area (Å²) in [5, 5.41) is 28.3. The summed E-state index contributed by atoms with van der Waals surface area (Å²) in [5.74, 6) is -1.93. The van der Waals surface area contributed by atoms with E-state index in [-0.39, 0.29) is 10.6 Å². The second-order valence-electron chi connectivity index (χ2n) is 2.80. The van der Waals surface area contributed by atoms with Crippen molar-refractivity contribution >= 4 is 23.6 Å². The van der Waals surface area contributed by atoms with E-state index in [0.29, 0.717) is 6.20 Å². The zero-order valence-corrected chi connectivity index (χ0v) is 8.51. The van der Waals surface area contributed by atoms with Gasteiger partial charge >= 0.3 is 5.97 Å². The molecule has 16 heavy (non-hydrogen) atoms. The maximum atomic E-state index is 10.7. The molecule has 0 spiro atoms. The van der Waals surface area contributed by atoms with Crippen molar-refractivity contribution in [1.82, 2.24) is 0 Å². The Bertz CT molecular complexity index is 483. The summed E-state index contributed by atoms with van der Waals surface area (Å²) in [6.07, 6.45) is 1.55. The molecule has 0 amide bonds. The number of halogens is 1. The highest BCUT2D eigenvalue weighted by Gasteiger charge is 2.14. The van der Waals surface area contributed by atoms with E-state index >= 15 is 0 Å². The third-order valence-corrected chi connectivity index (χ3v) is 1.93. The van der Waals surface area contributed by atoms with Crippen molar-refractivity contribution in [3.8, 4) is 5.75 Å². The number of carbonyl (C=O) groups is 1. The van der Waals surface area contributed by atoms with E-state index in [1.165, 1.54) is 6.07 Å². The fourth-order valence-electron chi connectivity index (χ4n) is 1.05. The predicted molar refractivity (Wildman–Crippen MR) is 56.1 cm³/mol.